The molecule has 0 atom stereocenters. The van der Waals surface area contributed by atoms with Crippen molar-refractivity contribution in [2.75, 3.05) is 6.61 Å². The molecule has 2 N–H and O–H groups in total. The Morgan fingerprint density at radius 2 is 2.15 bits per heavy atom. The molecule has 5 heteroatoms. The fourth-order valence-electron chi connectivity index (χ4n) is 1.90. The molecule has 0 fully saturated rings. The largest absolute Gasteiger partial charge is 0.462 e. The molecule has 0 aliphatic rings. The first-order valence-electron chi connectivity index (χ1n) is 6.27. The molecule has 4 nitrogen and oxygen atoms in total. The first kappa shape index (κ1) is 14.1. The van der Waals surface area contributed by atoms with Crippen LogP contribution in [0, 0.1) is 5.82 Å². The maximum Gasteiger partial charge on any atom is 0.338 e. The predicted octanol–water partition coefficient (Wildman–Crippen LogP) is 2.52. The van der Waals surface area contributed by atoms with E-state index in [0.717, 1.165) is 0 Å². The first-order chi connectivity index (χ1) is 9.65. The highest BCUT2D eigenvalue weighted by atomic mass is 19.1. The fraction of sp³-hybridized carbons (Fsp3) is 0.200. The van der Waals surface area contributed by atoms with Crippen LogP contribution >= 0.6 is 0 Å². The van der Waals surface area contributed by atoms with Gasteiger partial charge in [-0.25, -0.2) is 9.18 Å². The van der Waals surface area contributed by atoms with Crippen LogP contribution in [0.15, 0.2) is 36.5 Å². The second kappa shape index (κ2) is 6.25. The number of rotatable bonds is 4. The van der Waals surface area contributed by atoms with Crippen molar-refractivity contribution in [3.8, 4) is 11.3 Å². The smallest absolute Gasteiger partial charge is 0.338 e. The van der Waals surface area contributed by atoms with Gasteiger partial charge in [0.1, 0.15) is 5.82 Å². The number of hydrogen-bond donors (Lipinski definition) is 1. The number of carbonyl (C=O) groups excluding carboxylic acids is 1. The Hall–Kier alpha value is -2.27. The van der Waals surface area contributed by atoms with Crippen molar-refractivity contribution in [2.45, 2.75) is 13.5 Å². The van der Waals surface area contributed by atoms with E-state index in [1.807, 2.05) is 0 Å². The Morgan fingerprint density at radius 1 is 1.35 bits per heavy atom. The van der Waals surface area contributed by atoms with Crippen LogP contribution < -0.4 is 5.73 Å². The summed E-state index contributed by atoms with van der Waals surface area (Å²) in [5.41, 5.74) is 7.93. The molecule has 0 unspecified atom stereocenters. The fourth-order valence-corrected chi connectivity index (χ4v) is 1.90. The van der Waals surface area contributed by atoms with Gasteiger partial charge in [-0.1, -0.05) is 0 Å². The van der Waals surface area contributed by atoms with E-state index < -0.39 is 5.97 Å². The molecular formula is C15H15FN2O2. The number of pyridine rings is 1. The highest BCUT2D eigenvalue weighted by Crippen LogP contribution is 2.23. The summed E-state index contributed by atoms with van der Waals surface area (Å²) in [6.45, 7) is 2.24. The predicted molar refractivity (Wildman–Crippen MR) is 73.5 cm³/mol. The highest BCUT2D eigenvalue weighted by molar-refractivity contribution is 5.90. The van der Waals surface area contributed by atoms with Gasteiger partial charge in [0.25, 0.3) is 0 Å². The lowest BCUT2D eigenvalue weighted by Gasteiger charge is -2.09. The van der Waals surface area contributed by atoms with E-state index in [1.54, 1.807) is 25.1 Å². The SMILES string of the molecule is CCOC(=O)c1ccnc(-c2ccc(F)cc2CN)c1. The molecule has 1 aromatic carbocycles. The third-order valence-electron chi connectivity index (χ3n) is 2.83. The summed E-state index contributed by atoms with van der Waals surface area (Å²) in [4.78, 5) is 15.9. The van der Waals surface area contributed by atoms with Gasteiger partial charge in [-0.05, 0) is 42.8 Å². The lowest BCUT2D eigenvalue weighted by Crippen LogP contribution is -2.06. The number of nitrogens with two attached hydrogens (primary N) is 1. The molecule has 1 aromatic heterocycles. The summed E-state index contributed by atoms with van der Waals surface area (Å²) >= 11 is 0. The minimum Gasteiger partial charge on any atom is -0.462 e. The highest BCUT2D eigenvalue weighted by Gasteiger charge is 2.11. The van der Waals surface area contributed by atoms with Gasteiger partial charge in [0.05, 0.1) is 17.9 Å². The van der Waals surface area contributed by atoms with Crippen LogP contribution in [0.2, 0.25) is 0 Å². The van der Waals surface area contributed by atoms with E-state index in [1.165, 1.54) is 18.3 Å². The third kappa shape index (κ3) is 3.00. The average Bonchev–Trinajstić information content (AvgIpc) is 2.47. The van der Waals surface area contributed by atoms with Gasteiger partial charge < -0.3 is 10.5 Å². The normalized spacial score (nSPS) is 10.3. The molecule has 0 spiro atoms. The van der Waals surface area contributed by atoms with Crippen LogP contribution in [-0.2, 0) is 11.3 Å². The maximum absolute atomic E-state index is 13.2. The summed E-state index contributed by atoms with van der Waals surface area (Å²) < 4.78 is 18.2. The molecule has 0 aliphatic heterocycles. The third-order valence-corrected chi connectivity index (χ3v) is 2.83. The van der Waals surface area contributed by atoms with Gasteiger partial charge in [-0.15, -0.1) is 0 Å². The molecule has 0 saturated carbocycles. The Balaban J connectivity index is 2.43. The lowest BCUT2D eigenvalue weighted by molar-refractivity contribution is 0.0526. The molecule has 2 aromatic rings. The van der Waals surface area contributed by atoms with Crippen molar-refractivity contribution >= 4 is 5.97 Å². The minimum absolute atomic E-state index is 0.193. The quantitative estimate of drug-likeness (QED) is 0.870. The number of benzene rings is 1. The average molecular weight is 274 g/mol. The molecule has 20 heavy (non-hydrogen) atoms. The van der Waals surface area contributed by atoms with Gasteiger partial charge in [0.15, 0.2) is 0 Å². The van der Waals surface area contributed by atoms with Gasteiger partial charge >= 0.3 is 5.97 Å². The number of aromatic nitrogens is 1. The maximum atomic E-state index is 13.2. The number of carbonyl (C=O) groups is 1. The van der Waals surface area contributed by atoms with E-state index in [2.05, 4.69) is 4.98 Å². The Labute approximate surface area is 116 Å². The second-order valence-corrected chi connectivity index (χ2v) is 4.16. The van der Waals surface area contributed by atoms with E-state index in [0.29, 0.717) is 29.0 Å². The zero-order valence-corrected chi connectivity index (χ0v) is 11.1. The molecule has 0 aliphatic carbocycles. The number of nitrogens with zero attached hydrogens (tertiary/aromatic N) is 1. The van der Waals surface area contributed by atoms with Crippen LogP contribution in [0.3, 0.4) is 0 Å². The summed E-state index contributed by atoms with van der Waals surface area (Å²) in [7, 11) is 0. The number of ether oxygens (including phenoxy) is 1. The summed E-state index contributed by atoms with van der Waals surface area (Å²) in [6, 6.07) is 7.51. The zero-order chi connectivity index (χ0) is 14.5. The van der Waals surface area contributed by atoms with Crippen molar-refractivity contribution < 1.29 is 13.9 Å². The molecule has 0 amide bonds. The molecular weight excluding hydrogens is 259 g/mol. The zero-order valence-electron chi connectivity index (χ0n) is 11.1. The van der Waals surface area contributed by atoms with Crippen LogP contribution in [0.1, 0.15) is 22.8 Å². The van der Waals surface area contributed by atoms with Crippen molar-refractivity contribution in [1.82, 2.24) is 4.98 Å². The van der Waals surface area contributed by atoms with Crippen LogP contribution in [-0.4, -0.2) is 17.6 Å². The summed E-state index contributed by atoms with van der Waals surface area (Å²) in [5, 5.41) is 0. The minimum atomic E-state index is -0.410. The van der Waals surface area contributed by atoms with Gasteiger partial charge in [0, 0.05) is 18.3 Å². The van der Waals surface area contributed by atoms with Crippen molar-refractivity contribution in [3.05, 3.63) is 53.5 Å². The summed E-state index contributed by atoms with van der Waals surface area (Å²) in [6.07, 6.45) is 1.52. The van der Waals surface area contributed by atoms with E-state index in [-0.39, 0.29) is 12.4 Å². The second-order valence-electron chi connectivity index (χ2n) is 4.16. The topological polar surface area (TPSA) is 65.2 Å². The van der Waals surface area contributed by atoms with Crippen molar-refractivity contribution in [1.29, 1.82) is 0 Å². The van der Waals surface area contributed by atoms with Crippen LogP contribution in [0.5, 0.6) is 0 Å². The van der Waals surface area contributed by atoms with E-state index in [9.17, 15) is 9.18 Å². The standard InChI is InChI=1S/C15H15FN2O2/c1-2-20-15(19)10-5-6-18-14(8-10)13-4-3-12(16)7-11(13)9-17/h3-8H,2,9,17H2,1H3. The lowest BCUT2D eigenvalue weighted by atomic mass is 10.0. The van der Waals surface area contributed by atoms with Gasteiger partial charge in [-0.2, -0.15) is 0 Å². The first-order valence-corrected chi connectivity index (χ1v) is 6.27. The molecule has 0 bridgehead atoms. The van der Waals surface area contributed by atoms with E-state index in [4.69, 9.17) is 10.5 Å². The number of halogens is 1. The van der Waals surface area contributed by atoms with Crippen molar-refractivity contribution in [3.63, 3.8) is 0 Å². The van der Waals surface area contributed by atoms with Crippen molar-refractivity contribution in [2.24, 2.45) is 5.73 Å². The molecule has 0 saturated heterocycles. The Kier molecular flexibility index (Phi) is 4.42. The Morgan fingerprint density at radius 3 is 2.85 bits per heavy atom. The van der Waals surface area contributed by atoms with Gasteiger partial charge in [0.2, 0.25) is 0 Å². The molecule has 104 valence electrons. The molecule has 1 heterocycles. The number of hydrogen-bond acceptors (Lipinski definition) is 4. The monoisotopic (exact) mass is 274 g/mol. The molecule has 2 rings (SSSR count). The Bertz CT molecular complexity index is 629. The van der Waals surface area contributed by atoms with E-state index >= 15 is 0 Å². The number of esters is 1. The molecule has 0 radical (unpaired) electrons. The van der Waals surface area contributed by atoms with Crippen LogP contribution in [0.4, 0.5) is 4.39 Å². The summed E-state index contributed by atoms with van der Waals surface area (Å²) in [5.74, 6) is -0.761. The van der Waals surface area contributed by atoms with Crippen LogP contribution in [0.25, 0.3) is 11.3 Å². The van der Waals surface area contributed by atoms with Gasteiger partial charge in [-0.3, -0.25) is 4.98 Å².